The zero-order valence-electron chi connectivity index (χ0n) is 15.3. The third-order valence-electron chi connectivity index (χ3n) is 4.91. The summed E-state index contributed by atoms with van der Waals surface area (Å²) in [5.41, 5.74) is 1.56. The second kappa shape index (κ2) is 8.23. The monoisotopic (exact) mass is 355 g/mol. The summed E-state index contributed by atoms with van der Waals surface area (Å²) in [7, 11) is 1.60. The first-order valence-electron chi connectivity index (χ1n) is 8.90. The Labute approximate surface area is 154 Å². The number of amides is 1. The number of rotatable bonds is 8. The van der Waals surface area contributed by atoms with Crippen LogP contribution in [0.15, 0.2) is 48.5 Å². The number of carbonyl (C=O) groups is 1. The molecule has 0 saturated carbocycles. The topological polar surface area (TPSA) is 56.8 Å². The fraction of sp³-hybridized carbons (Fsp3) is 0.381. The lowest BCUT2D eigenvalue weighted by Crippen LogP contribution is -2.43. The molecule has 2 aromatic carbocycles. The SMILES string of the molecule is CCC1(CCOc2cccc(NC(=O)c3ccc(OC)cc3)c2)COC1. The van der Waals surface area contributed by atoms with Crippen LogP contribution in [-0.2, 0) is 4.74 Å². The Hall–Kier alpha value is -2.53. The molecule has 5 heteroatoms. The van der Waals surface area contributed by atoms with Gasteiger partial charge in [-0.2, -0.15) is 0 Å². The van der Waals surface area contributed by atoms with E-state index in [9.17, 15) is 4.79 Å². The quantitative estimate of drug-likeness (QED) is 0.773. The van der Waals surface area contributed by atoms with Gasteiger partial charge in [-0.3, -0.25) is 4.79 Å². The summed E-state index contributed by atoms with van der Waals surface area (Å²) in [6, 6.07) is 14.5. The van der Waals surface area contributed by atoms with Gasteiger partial charge in [-0.1, -0.05) is 13.0 Å². The second-order valence-corrected chi connectivity index (χ2v) is 6.66. The van der Waals surface area contributed by atoms with Gasteiger partial charge in [-0.25, -0.2) is 0 Å². The number of benzene rings is 2. The maximum atomic E-state index is 12.3. The predicted octanol–water partition coefficient (Wildman–Crippen LogP) is 4.14. The molecular formula is C21H25NO4. The van der Waals surface area contributed by atoms with Crippen LogP contribution >= 0.6 is 0 Å². The number of anilines is 1. The number of ether oxygens (including phenoxy) is 3. The Kier molecular flexibility index (Phi) is 5.78. The Balaban J connectivity index is 1.55. The van der Waals surface area contributed by atoms with E-state index in [1.54, 1.807) is 31.4 Å². The fourth-order valence-electron chi connectivity index (χ4n) is 2.91. The van der Waals surface area contributed by atoms with E-state index in [2.05, 4.69) is 12.2 Å². The summed E-state index contributed by atoms with van der Waals surface area (Å²) in [6.45, 7) is 4.49. The highest BCUT2D eigenvalue weighted by molar-refractivity contribution is 6.04. The first kappa shape index (κ1) is 18.3. The van der Waals surface area contributed by atoms with Gasteiger partial charge >= 0.3 is 0 Å². The summed E-state index contributed by atoms with van der Waals surface area (Å²) >= 11 is 0. The van der Waals surface area contributed by atoms with Crippen molar-refractivity contribution in [2.45, 2.75) is 19.8 Å². The van der Waals surface area contributed by atoms with Crippen molar-refractivity contribution in [2.75, 3.05) is 32.2 Å². The van der Waals surface area contributed by atoms with Crippen LogP contribution in [0.5, 0.6) is 11.5 Å². The van der Waals surface area contributed by atoms with E-state index in [4.69, 9.17) is 14.2 Å². The molecule has 0 bridgehead atoms. The van der Waals surface area contributed by atoms with Crippen LogP contribution in [-0.4, -0.2) is 32.8 Å². The molecule has 1 saturated heterocycles. The number of methoxy groups -OCH3 is 1. The van der Waals surface area contributed by atoms with Crippen LogP contribution in [0, 0.1) is 5.41 Å². The number of hydrogen-bond donors (Lipinski definition) is 1. The van der Waals surface area contributed by atoms with Crippen molar-refractivity contribution in [2.24, 2.45) is 5.41 Å². The van der Waals surface area contributed by atoms with Crippen LogP contribution in [0.1, 0.15) is 30.1 Å². The Morgan fingerprint density at radius 2 is 1.92 bits per heavy atom. The van der Waals surface area contributed by atoms with E-state index in [0.717, 1.165) is 37.6 Å². The zero-order chi connectivity index (χ0) is 18.4. The Morgan fingerprint density at radius 3 is 2.54 bits per heavy atom. The van der Waals surface area contributed by atoms with E-state index in [-0.39, 0.29) is 11.3 Å². The first-order chi connectivity index (χ1) is 12.6. The van der Waals surface area contributed by atoms with Crippen LogP contribution in [0.2, 0.25) is 0 Å². The Bertz CT molecular complexity index is 732. The van der Waals surface area contributed by atoms with Crippen LogP contribution in [0.4, 0.5) is 5.69 Å². The van der Waals surface area contributed by atoms with E-state index in [1.165, 1.54) is 0 Å². The highest BCUT2D eigenvalue weighted by Crippen LogP contribution is 2.35. The maximum Gasteiger partial charge on any atom is 0.255 e. The van der Waals surface area contributed by atoms with Gasteiger partial charge in [0.25, 0.3) is 5.91 Å². The second-order valence-electron chi connectivity index (χ2n) is 6.66. The minimum Gasteiger partial charge on any atom is -0.497 e. The third-order valence-corrected chi connectivity index (χ3v) is 4.91. The molecule has 1 amide bonds. The molecule has 1 aliphatic heterocycles. The highest BCUT2D eigenvalue weighted by Gasteiger charge is 2.36. The molecule has 0 unspecified atom stereocenters. The Morgan fingerprint density at radius 1 is 1.15 bits per heavy atom. The average molecular weight is 355 g/mol. The van der Waals surface area contributed by atoms with Crippen molar-refractivity contribution >= 4 is 11.6 Å². The van der Waals surface area contributed by atoms with Crippen molar-refractivity contribution in [1.82, 2.24) is 0 Å². The molecule has 1 fully saturated rings. The first-order valence-corrected chi connectivity index (χ1v) is 8.90. The molecule has 0 aliphatic carbocycles. The van der Waals surface area contributed by atoms with Crippen LogP contribution in [0.3, 0.4) is 0 Å². The number of hydrogen-bond acceptors (Lipinski definition) is 4. The maximum absolute atomic E-state index is 12.3. The number of carbonyl (C=O) groups excluding carboxylic acids is 1. The van der Waals surface area contributed by atoms with Gasteiger partial charge in [0.2, 0.25) is 0 Å². The molecule has 5 nitrogen and oxygen atoms in total. The lowest BCUT2D eigenvalue weighted by molar-refractivity contribution is -0.123. The lowest BCUT2D eigenvalue weighted by Gasteiger charge is -2.40. The summed E-state index contributed by atoms with van der Waals surface area (Å²) in [5, 5.41) is 2.90. The molecule has 138 valence electrons. The smallest absolute Gasteiger partial charge is 0.255 e. The van der Waals surface area contributed by atoms with Gasteiger partial charge in [0.1, 0.15) is 11.5 Å². The molecule has 1 N–H and O–H groups in total. The van der Waals surface area contributed by atoms with Crippen molar-refractivity contribution < 1.29 is 19.0 Å². The summed E-state index contributed by atoms with van der Waals surface area (Å²) in [4.78, 5) is 12.3. The minimum absolute atomic E-state index is 0.165. The minimum atomic E-state index is -0.165. The molecule has 3 rings (SSSR count). The van der Waals surface area contributed by atoms with E-state index in [1.807, 2.05) is 24.3 Å². The van der Waals surface area contributed by atoms with Crippen molar-refractivity contribution in [3.63, 3.8) is 0 Å². The van der Waals surface area contributed by atoms with Gasteiger partial charge in [0.15, 0.2) is 0 Å². The molecule has 26 heavy (non-hydrogen) atoms. The summed E-state index contributed by atoms with van der Waals surface area (Å²) in [6.07, 6.45) is 2.08. The molecule has 1 heterocycles. The summed E-state index contributed by atoms with van der Waals surface area (Å²) in [5.74, 6) is 1.31. The molecule has 0 radical (unpaired) electrons. The van der Waals surface area contributed by atoms with Gasteiger partial charge in [-0.15, -0.1) is 0 Å². The molecule has 0 spiro atoms. The van der Waals surface area contributed by atoms with E-state index >= 15 is 0 Å². The van der Waals surface area contributed by atoms with Gasteiger partial charge in [0, 0.05) is 22.7 Å². The predicted molar refractivity (Wildman–Crippen MR) is 101 cm³/mol. The molecule has 0 atom stereocenters. The molecule has 1 aliphatic rings. The lowest BCUT2D eigenvalue weighted by atomic mass is 9.80. The number of nitrogens with one attached hydrogen (secondary N) is 1. The van der Waals surface area contributed by atoms with Crippen molar-refractivity contribution in [3.05, 3.63) is 54.1 Å². The largest absolute Gasteiger partial charge is 0.497 e. The highest BCUT2D eigenvalue weighted by atomic mass is 16.5. The average Bonchev–Trinajstić information content (AvgIpc) is 2.64. The normalized spacial score (nSPS) is 15.0. The van der Waals surface area contributed by atoms with Gasteiger partial charge in [-0.05, 0) is 49.2 Å². The van der Waals surface area contributed by atoms with Crippen LogP contribution < -0.4 is 14.8 Å². The molecule has 0 aromatic heterocycles. The fourth-order valence-corrected chi connectivity index (χ4v) is 2.91. The van der Waals surface area contributed by atoms with E-state index in [0.29, 0.717) is 17.9 Å². The van der Waals surface area contributed by atoms with Crippen LogP contribution in [0.25, 0.3) is 0 Å². The van der Waals surface area contributed by atoms with Gasteiger partial charge in [0.05, 0.1) is 26.9 Å². The third kappa shape index (κ3) is 4.35. The zero-order valence-corrected chi connectivity index (χ0v) is 15.3. The van der Waals surface area contributed by atoms with Crippen molar-refractivity contribution in [3.8, 4) is 11.5 Å². The van der Waals surface area contributed by atoms with E-state index < -0.39 is 0 Å². The standard InChI is InChI=1S/C21H25NO4/c1-3-21(14-25-15-21)11-12-26-19-6-4-5-17(13-19)22-20(23)16-7-9-18(24-2)10-8-16/h4-10,13H,3,11-12,14-15H2,1-2H3,(H,22,23). The van der Waals surface area contributed by atoms with Gasteiger partial charge < -0.3 is 19.5 Å². The molecular weight excluding hydrogens is 330 g/mol. The summed E-state index contributed by atoms with van der Waals surface area (Å²) < 4.78 is 16.3. The van der Waals surface area contributed by atoms with Crippen molar-refractivity contribution in [1.29, 1.82) is 0 Å². The molecule has 2 aromatic rings.